The number of hydrogen-bond donors (Lipinski definition) is 3. The molecular weight excluding hydrogens is 174 g/mol. The molecule has 14 heavy (non-hydrogen) atoms. The maximum atomic E-state index is 5.82. The molecule has 0 rings (SSSR count). The van der Waals surface area contributed by atoms with Gasteiger partial charge in [0.2, 0.25) is 0 Å². The van der Waals surface area contributed by atoms with E-state index in [0.29, 0.717) is 11.6 Å². The second-order valence-corrected chi connectivity index (χ2v) is 3.67. The Labute approximate surface area is 86.5 Å². The van der Waals surface area contributed by atoms with Crippen molar-refractivity contribution >= 4 is 0 Å². The zero-order valence-corrected chi connectivity index (χ0v) is 9.30. The second kappa shape index (κ2) is 6.27. The lowest BCUT2D eigenvalue weighted by molar-refractivity contribution is 0.646. The summed E-state index contributed by atoms with van der Waals surface area (Å²) in [5, 5.41) is 0. The van der Waals surface area contributed by atoms with Crippen LogP contribution in [-0.2, 0) is 0 Å². The van der Waals surface area contributed by atoms with Crippen LogP contribution >= 0.6 is 0 Å². The van der Waals surface area contributed by atoms with Crippen molar-refractivity contribution in [3.63, 3.8) is 0 Å². The van der Waals surface area contributed by atoms with E-state index in [0.717, 1.165) is 17.6 Å². The van der Waals surface area contributed by atoms with Crippen molar-refractivity contribution in [2.45, 2.75) is 27.2 Å². The molecule has 0 radical (unpaired) electrons. The molecule has 0 saturated heterocycles. The highest BCUT2D eigenvalue weighted by Gasteiger charge is 2.07. The summed E-state index contributed by atoms with van der Waals surface area (Å²) >= 11 is 0. The standard InChI is InChI=1S/C11H21N3/c1-5-11(12)10(7-14-13)9(4)6-8(2)3/h5,7-8,14H,4,6,12-13H2,1-3H3/b10-7+,11-5+. The van der Waals surface area contributed by atoms with Gasteiger partial charge in [-0.05, 0) is 24.8 Å². The largest absolute Gasteiger partial charge is 0.398 e. The number of hydrazine groups is 1. The van der Waals surface area contributed by atoms with Crippen molar-refractivity contribution in [3.05, 3.63) is 35.7 Å². The van der Waals surface area contributed by atoms with Crippen LogP contribution in [0.1, 0.15) is 27.2 Å². The average molecular weight is 195 g/mol. The number of nitrogens with one attached hydrogen (secondary N) is 1. The van der Waals surface area contributed by atoms with Gasteiger partial charge < -0.3 is 11.2 Å². The smallest absolute Gasteiger partial charge is 0.0362 e. The maximum absolute atomic E-state index is 5.82. The third-order valence-electron chi connectivity index (χ3n) is 1.89. The molecular formula is C11H21N3. The zero-order valence-electron chi connectivity index (χ0n) is 9.30. The molecule has 0 unspecified atom stereocenters. The van der Waals surface area contributed by atoms with Crippen molar-refractivity contribution in [1.82, 2.24) is 5.43 Å². The second-order valence-electron chi connectivity index (χ2n) is 3.67. The van der Waals surface area contributed by atoms with Gasteiger partial charge >= 0.3 is 0 Å². The fourth-order valence-electron chi connectivity index (χ4n) is 1.23. The van der Waals surface area contributed by atoms with Gasteiger partial charge in [0, 0.05) is 17.5 Å². The Morgan fingerprint density at radius 3 is 2.43 bits per heavy atom. The van der Waals surface area contributed by atoms with Gasteiger partial charge in [-0.15, -0.1) is 0 Å². The van der Waals surface area contributed by atoms with E-state index in [-0.39, 0.29) is 0 Å². The van der Waals surface area contributed by atoms with E-state index in [9.17, 15) is 0 Å². The molecule has 0 aliphatic rings. The Bertz CT molecular complexity index is 249. The van der Waals surface area contributed by atoms with Crippen LogP contribution in [-0.4, -0.2) is 0 Å². The molecule has 0 bridgehead atoms. The molecule has 0 amide bonds. The van der Waals surface area contributed by atoms with Gasteiger partial charge in [-0.2, -0.15) is 0 Å². The molecule has 0 fully saturated rings. The monoisotopic (exact) mass is 195 g/mol. The molecule has 3 nitrogen and oxygen atoms in total. The van der Waals surface area contributed by atoms with E-state index in [4.69, 9.17) is 11.6 Å². The maximum Gasteiger partial charge on any atom is 0.0362 e. The summed E-state index contributed by atoms with van der Waals surface area (Å²) in [6.45, 7) is 10.2. The van der Waals surface area contributed by atoms with Gasteiger partial charge in [0.15, 0.2) is 0 Å². The highest BCUT2D eigenvalue weighted by molar-refractivity contribution is 5.43. The lowest BCUT2D eigenvalue weighted by atomic mass is 9.96. The highest BCUT2D eigenvalue weighted by atomic mass is 15.2. The van der Waals surface area contributed by atoms with Gasteiger partial charge in [-0.25, -0.2) is 0 Å². The van der Waals surface area contributed by atoms with Crippen LogP contribution in [0, 0.1) is 5.92 Å². The number of allylic oxidation sites excluding steroid dienone is 2. The van der Waals surface area contributed by atoms with Crippen LogP contribution in [0.15, 0.2) is 35.7 Å². The van der Waals surface area contributed by atoms with Crippen molar-refractivity contribution in [2.24, 2.45) is 17.5 Å². The normalized spacial score (nSPS) is 13.2. The molecule has 0 aliphatic carbocycles. The van der Waals surface area contributed by atoms with Crippen molar-refractivity contribution in [2.75, 3.05) is 0 Å². The topological polar surface area (TPSA) is 64.1 Å². The summed E-state index contributed by atoms with van der Waals surface area (Å²) in [5.74, 6) is 5.80. The van der Waals surface area contributed by atoms with Crippen molar-refractivity contribution in [3.8, 4) is 0 Å². The summed E-state index contributed by atoms with van der Waals surface area (Å²) < 4.78 is 0. The van der Waals surface area contributed by atoms with Gasteiger partial charge in [-0.3, -0.25) is 5.84 Å². The molecule has 0 aliphatic heterocycles. The fraction of sp³-hybridized carbons (Fsp3) is 0.455. The minimum absolute atomic E-state index is 0.563. The molecule has 0 aromatic carbocycles. The molecule has 5 N–H and O–H groups in total. The van der Waals surface area contributed by atoms with Gasteiger partial charge in [-0.1, -0.05) is 26.5 Å². The fourth-order valence-corrected chi connectivity index (χ4v) is 1.23. The number of rotatable bonds is 5. The SMILES string of the molecule is C=C(CC(C)C)C(=C\NN)/C(N)=C\C. The summed E-state index contributed by atoms with van der Waals surface area (Å²) in [4.78, 5) is 0. The summed E-state index contributed by atoms with van der Waals surface area (Å²) in [5.41, 5.74) is 10.9. The van der Waals surface area contributed by atoms with Crippen LogP contribution in [0.2, 0.25) is 0 Å². The predicted octanol–water partition coefficient (Wildman–Crippen LogP) is 1.80. The van der Waals surface area contributed by atoms with Gasteiger partial charge in [0.25, 0.3) is 0 Å². The Morgan fingerprint density at radius 1 is 1.50 bits per heavy atom. The Kier molecular flexibility index (Phi) is 5.72. The molecule has 80 valence electrons. The molecule has 0 heterocycles. The first-order valence-corrected chi connectivity index (χ1v) is 4.79. The Morgan fingerprint density at radius 2 is 2.07 bits per heavy atom. The minimum Gasteiger partial charge on any atom is -0.398 e. The zero-order chi connectivity index (χ0) is 11.1. The Balaban J connectivity index is 4.68. The predicted molar refractivity (Wildman–Crippen MR) is 61.9 cm³/mol. The third kappa shape index (κ3) is 4.14. The first-order valence-electron chi connectivity index (χ1n) is 4.79. The van der Waals surface area contributed by atoms with E-state index >= 15 is 0 Å². The van der Waals surface area contributed by atoms with Crippen LogP contribution in [0.3, 0.4) is 0 Å². The van der Waals surface area contributed by atoms with Gasteiger partial charge in [0.1, 0.15) is 0 Å². The molecule has 3 heteroatoms. The van der Waals surface area contributed by atoms with E-state index in [1.165, 1.54) is 0 Å². The van der Waals surface area contributed by atoms with Crippen LogP contribution in [0.25, 0.3) is 0 Å². The molecule has 0 aromatic heterocycles. The Hall–Kier alpha value is -1.22. The van der Waals surface area contributed by atoms with Crippen molar-refractivity contribution in [1.29, 1.82) is 0 Å². The van der Waals surface area contributed by atoms with E-state index < -0.39 is 0 Å². The quantitative estimate of drug-likeness (QED) is 0.356. The average Bonchev–Trinajstić information content (AvgIpc) is 2.11. The first kappa shape index (κ1) is 12.8. The highest BCUT2D eigenvalue weighted by Crippen LogP contribution is 2.20. The minimum atomic E-state index is 0.563. The molecule has 0 aromatic rings. The van der Waals surface area contributed by atoms with Crippen LogP contribution in [0.4, 0.5) is 0 Å². The summed E-state index contributed by atoms with van der Waals surface area (Å²) in [6, 6.07) is 0. The van der Waals surface area contributed by atoms with Gasteiger partial charge in [0.05, 0.1) is 0 Å². The number of nitrogens with two attached hydrogens (primary N) is 2. The molecule has 0 atom stereocenters. The van der Waals surface area contributed by atoms with E-state index in [1.54, 1.807) is 6.20 Å². The molecule has 0 saturated carbocycles. The lowest BCUT2D eigenvalue weighted by Crippen LogP contribution is -2.17. The van der Waals surface area contributed by atoms with Crippen molar-refractivity contribution < 1.29 is 0 Å². The summed E-state index contributed by atoms with van der Waals surface area (Å²) in [7, 11) is 0. The molecule has 0 spiro atoms. The summed E-state index contributed by atoms with van der Waals surface area (Å²) in [6.07, 6.45) is 4.44. The first-order chi connectivity index (χ1) is 6.52. The third-order valence-corrected chi connectivity index (χ3v) is 1.89. The van der Waals surface area contributed by atoms with Crippen LogP contribution < -0.4 is 17.0 Å². The van der Waals surface area contributed by atoms with E-state index in [1.807, 2.05) is 13.0 Å². The lowest BCUT2D eigenvalue weighted by Gasteiger charge is -2.13. The van der Waals surface area contributed by atoms with Crippen LogP contribution in [0.5, 0.6) is 0 Å². The van der Waals surface area contributed by atoms with E-state index in [2.05, 4.69) is 25.9 Å². The number of hydrogen-bond acceptors (Lipinski definition) is 3.